The van der Waals surface area contributed by atoms with Crippen molar-refractivity contribution in [2.45, 2.75) is 46.0 Å². The molecule has 25 heavy (non-hydrogen) atoms. The number of rotatable bonds is 9. The lowest BCUT2D eigenvalue weighted by atomic mass is 9.86. The van der Waals surface area contributed by atoms with E-state index in [4.69, 9.17) is 9.26 Å². The van der Waals surface area contributed by atoms with Crippen molar-refractivity contribution in [3.05, 3.63) is 48.2 Å². The Morgan fingerprint density at radius 2 is 1.92 bits per heavy atom. The summed E-state index contributed by atoms with van der Waals surface area (Å²) in [7, 11) is 0. The van der Waals surface area contributed by atoms with Crippen LogP contribution >= 0.6 is 0 Å². The molecule has 2 aromatic rings. The lowest BCUT2D eigenvalue weighted by Crippen LogP contribution is -2.15. The molecule has 4 heteroatoms. The third-order valence-corrected chi connectivity index (χ3v) is 4.01. The summed E-state index contributed by atoms with van der Waals surface area (Å²) < 4.78 is 10.9. The van der Waals surface area contributed by atoms with Crippen LogP contribution in [-0.2, 0) is 10.2 Å². The molecule has 0 saturated carbocycles. The first-order chi connectivity index (χ1) is 11.9. The Kier molecular flexibility index (Phi) is 6.82. The maximum Gasteiger partial charge on any atom is 0.167 e. The first-order valence-electron chi connectivity index (χ1n) is 9.00. The number of hydrogen-bond donors (Lipinski definition) is 1. The summed E-state index contributed by atoms with van der Waals surface area (Å²) in [6.07, 6.45) is 2.00. The molecule has 0 aliphatic carbocycles. The zero-order valence-corrected chi connectivity index (χ0v) is 15.9. The van der Waals surface area contributed by atoms with Gasteiger partial charge in [0.2, 0.25) is 0 Å². The van der Waals surface area contributed by atoms with Crippen LogP contribution in [0.25, 0.3) is 17.0 Å². The van der Waals surface area contributed by atoms with Crippen molar-refractivity contribution in [2.24, 2.45) is 0 Å². The molecule has 0 aliphatic heterocycles. The fraction of sp³-hybridized carbons (Fsp3) is 0.476. The van der Waals surface area contributed by atoms with Gasteiger partial charge in [0.25, 0.3) is 0 Å². The molecule has 136 valence electrons. The summed E-state index contributed by atoms with van der Waals surface area (Å²) in [5.74, 6) is 0.754. The predicted octanol–water partition coefficient (Wildman–Crippen LogP) is 5.02. The molecule has 0 unspecified atom stereocenters. The van der Waals surface area contributed by atoms with Crippen LogP contribution in [0.5, 0.6) is 0 Å². The number of aromatic nitrogens is 1. The van der Waals surface area contributed by atoms with Crippen molar-refractivity contribution in [1.29, 1.82) is 0 Å². The molecule has 0 aliphatic rings. The van der Waals surface area contributed by atoms with Gasteiger partial charge in [-0.1, -0.05) is 63.7 Å². The molecule has 0 spiro atoms. The second kappa shape index (κ2) is 8.86. The second-order valence-corrected chi connectivity index (χ2v) is 7.28. The third kappa shape index (κ3) is 5.75. The van der Waals surface area contributed by atoms with Crippen LogP contribution in [0.3, 0.4) is 0 Å². The largest absolute Gasteiger partial charge is 0.384 e. The molecule has 0 bridgehead atoms. The molecular formula is C21H30N2O2. The summed E-state index contributed by atoms with van der Waals surface area (Å²) in [5, 5.41) is 7.40. The standard InChI is InChI=1S/C21H30N2O2/c1-6-13-24-14-7-12-22-16(2)19-15-20(25-23-19)17-8-10-18(11-9-17)21(3,4)5/h8-11,15,22H,2,6-7,12-14H2,1,3-5H3. The highest BCUT2D eigenvalue weighted by Crippen LogP contribution is 2.27. The Balaban J connectivity index is 1.90. The van der Waals surface area contributed by atoms with Crippen LogP contribution in [-0.4, -0.2) is 24.9 Å². The van der Waals surface area contributed by atoms with Gasteiger partial charge in [-0.2, -0.15) is 0 Å². The fourth-order valence-corrected chi connectivity index (χ4v) is 2.44. The summed E-state index contributed by atoms with van der Waals surface area (Å²) in [6.45, 7) is 15.2. The van der Waals surface area contributed by atoms with Crippen LogP contribution in [0.1, 0.15) is 51.8 Å². The van der Waals surface area contributed by atoms with Gasteiger partial charge in [0, 0.05) is 31.4 Å². The lowest BCUT2D eigenvalue weighted by Gasteiger charge is -2.18. The SMILES string of the molecule is C=C(NCCCOCCC)c1cc(-c2ccc(C(C)(C)C)cc2)on1. The molecule has 0 radical (unpaired) electrons. The van der Waals surface area contributed by atoms with Gasteiger partial charge in [-0.05, 0) is 23.8 Å². The van der Waals surface area contributed by atoms with E-state index in [1.54, 1.807) is 0 Å². The molecule has 0 atom stereocenters. The van der Waals surface area contributed by atoms with E-state index in [1.807, 2.05) is 6.07 Å². The topological polar surface area (TPSA) is 47.3 Å². The van der Waals surface area contributed by atoms with Gasteiger partial charge >= 0.3 is 0 Å². The summed E-state index contributed by atoms with van der Waals surface area (Å²) in [6, 6.07) is 10.4. The van der Waals surface area contributed by atoms with E-state index in [0.29, 0.717) is 0 Å². The van der Waals surface area contributed by atoms with E-state index in [0.717, 1.165) is 55.3 Å². The van der Waals surface area contributed by atoms with Crippen LogP contribution in [0.4, 0.5) is 0 Å². The third-order valence-electron chi connectivity index (χ3n) is 4.01. The fourth-order valence-electron chi connectivity index (χ4n) is 2.44. The number of nitrogens with one attached hydrogen (secondary N) is 1. The van der Waals surface area contributed by atoms with Gasteiger partial charge in [-0.3, -0.25) is 0 Å². The lowest BCUT2D eigenvalue weighted by molar-refractivity contribution is 0.133. The van der Waals surface area contributed by atoms with Gasteiger partial charge in [-0.15, -0.1) is 0 Å². The number of hydrogen-bond acceptors (Lipinski definition) is 4. The van der Waals surface area contributed by atoms with Crippen molar-refractivity contribution in [3.8, 4) is 11.3 Å². The van der Waals surface area contributed by atoms with E-state index in [9.17, 15) is 0 Å². The first kappa shape index (κ1) is 19.3. The predicted molar refractivity (Wildman–Crippen MR) is 103 cm³/mol. The van der Waals surface area contributed by atoms with Crippen LogP contribution in [0.15, 0.2) is 41.4 Å². The van der Waals surface area contributed by atoms with Crippen molar-refractivity contribution >= 4 is 5.70 Å². The van der Waals surface area contributed by atoms with Crippen molar-refractivity contribution in [1.82, 2.24) is 10.5 Å². The maximum absolute atomic E-state index is 5.48. The highest BCUT2D eigenvalue weighted by atomic mass is 16.5. The second-order valence-electron chi connectivity index (χ2n) is 7.28. The van der Waals surface area contributed by atoms with E-state index < -0.39 is 0 Å². The zero-order chi connectivity index (χ0) is 18.3. The van der Waals surface area contributed by atoms with Gasteiger partial charge in [0.1, 0.15) is 5.69 Å². The summed E-state index contributed by atoms with van der Waals surface area (Å²) in [4.78, 5) is 0. The molecule has 1 aromatic carbocycles. The highest BCUT2D eigenvalue weighted by molar-refractivity contribution is 5.65. The summed E-state index contributed by atoms with van der Waals surface area (Å²) in [5.41, 5.74) is 3.98. The van der Waals surface area contributed by atoms with Crippen molar-refractivity contribution in [3.63, 3.8) is 0 Å². The molecule has 1 heterocycles. The molecule has 0 amide bonds. The Morgan fingerprint density at radius 3 is 2.56 bits per heavy atom. The monoisotopic (exact) mass is 342 g/mol. The molecular weight excluding hydrogens is 312 g/mol. The molecule has 1 N–H and O–H groups in total. The van der Waals surface area contributed by atoms with Crippen LogP contribution in [0, 0.1) is 0 Å². The van der Waals surface area contributed by atoms with Crippen LogP contribution < -0.4 is 5.32 Å². The van der Waals surface area contributed by atoms with E-state index in [2.05, 4.69) is 69.0 Å². The van der Waals surface area contributed by atoms with E-state index in [-0.39, 0.29) is 5.41 Å². The molecule has 1 aromatic heterocycles. The van der Waals surface area contributed by atoms with Gasteiger partial charge in [0.05, 0.1) is 5.70 Å². The quantitative estimate of drug-likeness (QED) is 0.650. The van der Waals surface area contributed by atoms with Crippen molar-refractivity contribution in [2.75, 3.05) is 19.8 Å². The zero-order valence-electron chi connectivity index (χ0n) is 15.9. The van der Waals surface area contributed by atoms with E-state index in [1.165, 1.54) is 5.56 Å². The Hall–Kier alpha value is -2.07. The minimum Gasteiger partial charge on any atom is -0.384 e. The molecule has 0 fully saturated rings. The Morgan fingerprint density at radius 1 is 1.20 bits per heavy atom. The number of ether oxygens (including phenoxy) is 1. The molecule has 4 nitrogen and oxygen atoms in total. The maximum atomic E-state index is 5.48. The van der Waals surface area contributed by atoms with Gasteiger partial charge < -0.3 is 14.6 Å². The van der Waals surface area contributed by atoms with Crippen molar-refractivity contribution < 1.29 is 9.26 Å². The van der Waals surface area contributed by atoms with Gasteiger partial charge in [-0.25, -0.2) is 0 Å². The minimum absolute atomic E-state index is 0.143. The average molecular weight is 342 g/mol. The highest BCUT2D eigenvalue weighted by Gasteiger charge is 2.14. The molecule has 0 saturated heterocycles. The van der Waals surface area contributed by atoms with Gasteiger partial charge in [0.15, 0.2) is 5.76 Å². The first-order valence-corrected chi connectivity index (χ1v) is 9.00. The normalized spacial score (nSPS) is 11.5. The van der Waals surface area contributed by atoms with Crippen LogP contribution in [0.2, 0.25) is 0 Å². The minimum atomic E-state index is 0.143. The Labute approximate surface area is 151 Å². The molecule has 2 rings (SSSR count). The number of nitrogens with zero attached hydrogens (tertiary/aromatic N) is 1. The average Bonchev–Trinajstić information content (AvgIpc) is 3.07. The summed E-state index contributed by atoms with van der Waals surface area (Å²) >= 11 is 0. The smallest absolute Gasteiger partial charge is 0.167 e. The van der Waals surface area contributed by atoms with E-state index >= 15 is 0 Å². The Bertz CT molecular complexity index is 666. The number of benzene rings is 1.